The van der Waals surface area contributed by atoms with E-state index in [0.29, 0.717) is 22.3 Å². The quantitative estimate of drug-likeness (QED) is 0.898. The van der Waals surface area contributed by atoms with E-state index in [1.165, 1.54) is 0 Å². The van der Waals surface area contributed by atoms with E-state index >= 15 is 0 Å². The number of anilines is 1. The highest BCUT2D eigenvalue weighted by Gasteiger charge is 2.12. The first-order chi connectivity index (χ1) is 8.97. The third-order valence-corrected chi connectivity index (χ3v) is 3.14. The van der Waals surface area contributed by atoms with Gasteiger partial charge in [-0.2, -0.15) is 5.10 Å². The van der Waals surface area contributed by atoms with Gasteiger partial charge in [0, 0.05) is 22.3 Å². The minimum atomic E-state index is -0.207. The molecule has 1 aromatic carbocycles. The van der Waals surface area contributed by atoms with E-state index in [1.54, 1.807) is 12.1 Å². The Kier molecular flexibility index (Phi) is 3.90. The van der Waals surface area contributed by atoms with Gasteiger partial charge in [-0.1, -0.05) is 31.5 Å². The van der Waals surface area contributed by atoms with Gasteiger partial charge < -0.3 is 5.32 Å². The van der Waals surface area contributed by atoms with E-state index in [0.717, 1.165) is 11.3 Å². The zero-order chi connectivity index (χ0) is 14.0. The van der Waals surface area contributed by atoms with Crippen LogP contribution in [0.5, 0.6) is 0 Å². The Balaban J connectivity index is 2.18. The molecule has 0 aliphatic rings. The Labute approximate surface area is 117 Å². The molecule has 1 heterocycles. The number of nitrogens with one attached hydrogen (secondary N) is 2. The van der Waals surface area contributed by atoms with E-state index in [4.69, 9.17) is 11.6 Å². The monoisotopic (exact) mass is 277 g/mol. The number of halogens is 1. The fraction of sp³-hybridized carbons (Fsp3) is 0.286. The normalized spacial score (nSPS) is 10.8. The summed E-state index contributed by atoms with van der Waals surface area (Å²) in [6, 6.07) is 7.07. The first kappa shape index (κ1) is 13.6. The van der Waals surface area contributed by atoms with Crippen LogP contribution in [0.4, 0.5) is 5.82 Å². The van der Waals surface area contributed by atoms with Crippen LogP contribution in [0, 0.1) is 6.92 Å². The van der Waals surface area contributed by atoms with Crippen LogP contribution in [0.3, 0.4) is 0 Å². The lowest BCUT2D eigenvalue weighted by molar-refractivity contribution is 0.102. The van der Waals surface area contributed by atoms with Gasteiger partial charge in [0.2, 0.25) is 0 Å². The van der Waals surface area contributed by atoms with Crippen molar-refractivity contribution in [2.75, 3.05) is 5.32 Å². The zero-order valence-electron chi connectivity index (χ0n) is 11.1. The summed E-state index contributed by atoms with van der Waals surface area (Å²) in [6.07, 6.45) is 0. The van der Waals surface area contributed by atoms with Gasteiger partial charge in [-0.3, -0.25) is 9.89 Å². The summed E-state index contributed by atoms with van der Waals surface area (Å²) in [5.41, 5.74) is 2.42. The molecule has 5 heteroatoms. The van der Waals surface area contributed by atoms with Gasteiger partial charge in [0.25, 0.3) is 5.91 Å². The van der Waals surface area contributed by atoms with Crippen molar-refractivity contribution in [3.05, 3.63) is 46.1 Å². The molecule has 19 heavy (non-hydrogen) atoms. The molecule has 0 bridgehead atoms. The third-order valence-electron chi connectivity index (χ3n) is 2.91. The van der Waals surface area contributed by atoms with Crippen LogP contribution in [0.15, 0.2) is 24.3 Å². The minimum absolute atomic E-state index is 0.207. The molecule has 100 valence electrons. The van der Waals surface area contributed by atoms with Gasteiger partial charge in [0.15, 0.2) is 5.82 Å². The predicted octanol–water partition coefficient (Wildman–Crippen LogP) is 3.75. The zero-order valence-corrected chi connectivity index (χ0v) is 11.9. The van der Waals surface area contributed by atoms with Crippen molar-refractivity contribution in [1.82, 2.24) is 10.2 Å². The number of nitrogens with zero attached hydrogens (tertiary/aromatic N) is 1. The molecule has 1 amide bonds. The maximum Gasteiger partial charge on any atom is 0.257 e. The average molecular weight is 278 g/mol. The molecule has 0 aliphatic carbocycles. The number of H-pyrrole nitrogens is 1. The molecule has 2 N–H and O–H groups in total. The van der Waals surface area contributed by atoms with E-state index in [-0.39, 0.29) is 5.91 Å². The summed E-state index contributed by atoms with van der Waals surface area (Å²) in [7, 11) is 0. The molecule has 0 atom stereocenters. The van der Waals surface area contributed by atoms with E-state index in [1.807, 2.05) is 19.1 Å². The maximum absolute atomic E-state index is 12.1. The number of hydrogen-bond acceptors (Lipinski definition) is 2. The van der Waals surface area contributed by atoms with Crippen LogP contribution >= 0.6 is 11.6 Å². The third kappa shape index (κ3) is 3.15. The summed E-state index contributed by atoms with van der Waals surface area (Å²) >= 11 is 5.91. The van der Waals surface area contributed by atoms with Crippen LogP contribution in [-0.4, -0.2) is 16.1 Å². The second-order valence-corrected chi connectivity index (χ2v) is 5.21. The van der Waals surface area contributed by atoms with Crippen LogP contribution < -0.4 is 5.32 Å². The molecule has 2 rings (SSSR count). The Morgan fingerprint density at radius 3 is 2.74 bits per heavy atom. The van der Waals surface area contributed by atoms with Crippen molar-refractivity contribution in [2.24, 2.45) is 0 Å². The Morgan fingerprint density at radius 1 is 1.37 bits per heavy atom. The number of carbonyl (C=O) groups is 1. The summed E-state index contributed by atoms with van der Waals surface area (Å²) in [6.45, 7) is 5.98. The van der Waals surface area contributed by atoms with Gasteiger partial charge in [-0.15, -0.1) is 0 Å². The van der Waals surface area contributed by atoms with Gasteiger partial charge >= 0.3 is 0 Å². The SMILES string of the molecule is Cc1ccc(Cl)cc1C(=O)Nc1cc(C(C)C)[nH]n1. The van der Waals surface area contributed by atoms with Crippen molar-refractivity contribution in [3.8, 4) is 0 Å². The number of hydrogen-bond donors (Lipinski definition) is 2. The van der Waals surface area contributed by atoms with Crippen LogP contribution in [0.1, 0.15) is 41.4 Å². The van der Waals surface area contributed by atoms with Gasteiger partial charge in [0.1, 0.15) is 0 Å². The lowest BCUT2D eigenvalue weighted by atomic mass is 10.1. The topological polar surface area (TPSA) is 57.8 Å². The number of amides is 1. The molecule has 0 fully saturated rings. The molecular weight excluding hydrogens is 262 g/mol. The Morgan fingerprint density at radius 2 is 2.11 bits per heavy atom. The molecule has 0 saturated heterocycles. The average Bonchev–Trinajstić information content (AvgIpc) is 2.80. The lowest BCUT2D eigenvalue weighted by Gasteiger charge is -2.05. The molecule has 0 aliphatic heterocycles. The van der Waals surface area contributed by atoms with Crippen LogP contribution in [0.2, 0.25) is 5.02 Å². The van der Waals surface area contributed by atoms with Crippen molar-refractivity contribution in [2.45, 2.75) is 26.7 Å². The Hall–Kier alpha value is -1.81. The first-order valence-corrected chi connectivity index (χ1v) is 6.48. The number of aryl methyl sites for hydroxylation is 1. The van der Waals surface area contributed by atoms with Crippen molar-refractivity contribution >= 4 is 23.3 Å². The number of aromatic nitrogens is 2. The minimum Gasteiger partial charge on any atom is -0.305 e. The maximum atomic E-state index is 12.1. The highest BCUT2D eigenvalue weighted by atomic mass is 35.5. The summed E-state index contributed by atoms with van der Waals surface area (Å²) in [5, 5.41) is 10.3. The molecule has 0 spiro atoms. The predicted molar refractivity (Wildman–Crippen MR) is 76.8 cm³/mol. The number of rotatable bonds is 3. The molecular formula is C14H16ClN3O. The molecule has 4 nitrogen and oxygen atoms in total. The number of benzene rings is 1. The summed E-state index contributed by atoms with van der Waals surface area (Å²) < 4.78 is 0. The van der Waals surface area contributed by atoms with Gasteiger partial charge in [0.05, 0.1) is 0 Å². The standard InChI is InChI=1S/C14H16ClN3O/c1-8(2)12-7-13(18-17-12)16-14(19)11-6-10(15)5-4-9(11)3/h4-8H,1-3H3,(H2,16,17,18,19). The van der Waals surface area contributed by atoms with E-state index in [2.05, 4.69) is 29.4 Å². The highest BCUT2D eigenvalue weighted by Crippen LogP contribution is 2.18. The molecule has 0 radical (unpaired) electrons. The van der Waals surface area contributed by atoms with Gasteiger partial charge in [-0.05, 0) is 30.5 Å². The second-order valence-electron chi connectivity index (χ2n) is 4.78. The molecule has 2 aromatic rings. The first-order valence-electron chi connectivity index (χ1n) is 6.10. The molecule has 0 saturated carbocycles. The van der Waals surface area contributed by atoms with Gasteiger partial charge in [-0.25, -0.2) is 0 Å². The van der Waals surface area contributed by atoms with Crippen molar-refractivity contribution < 1.29 is 4.79 Å². The summed E-state index contributed by atoms with van der Waals surface area (Å²) in [4.78, 5) is 12.1. The second kappa shape index (κ2) is 5.45. The molecule has 0 unspecified atom stereocenters. The Bertz CT molecular complexity index is 604. The molecule has 1 aromatic heterocycles. The summed E-state index contributed by atoms with van der Waals surface area (Å²) in [5.74, 6) is 0.654. The fourth-order valence-corrected chi connectivity index (χ4v) is 1.89. The number of aromatic amines is 1. The van der Waals surface area contributed by atoms with E-state index in [9.17, 15) is 4.79 Å². The largest absolute Gasteiger partial charge is 0.305 e. The van der Waals surface area contributed by atoms with Crippen molar-refractivity contribution in [1.29, 1.82) is 0 Å². The van der Waals surface area contributed by atoms with E-state index < -0.39 is 0 Å². The smallest absolute Gasteiger partial charge is 0.257 e. The van der Waals surface area contributed by atoms with Crippen LogP contribution in [0.25, 0.3) is 0 Å². The van der Waals surface area contributed by atoms with Crippen molar-refractivity contribution in [3.63, 3.8) is 0 Å². The lowest BCUT2D eigenvalue weighted by Crippen LogP contribution is -2.13. The highest BCUT2D eigenvalue weighted by molar-refractivity contribution is 6.31. The number of carbonyl (C=O) groups excluding carboxylic acids is 1. The fourth-order valence-electron chi connectivity index (χ4n) is 1.72. The van der Waals surface area contributed by atoms with Crippen LogP contribution in [-0.2, 0) is 0 Å².